The van der Waals surface area contributed by atoms with Crippen molar-refractivity contribution < 1.29 is 13.2 Å². The van der Waals surface area contributed by atoms with Crippen LogP contribution >= 0.6 is 0 Å². The fourth-order valence-electron chi connectivity index (χ4n) is 3.55. The lowest BCUT2D eigenvalue weighted by molar-refractivity contribution is -0.145. The molecule has 2 aromatic heterocycles. The van der Waals surface area contributed by atoms with Crippen LogP contribution in [-0.4, -0.2) is 39.5 Å². The van der Waals surface area contributed by atoms with E-state index in [1.807, 2.05) is 6.20 Å². The van der Waals surface area contributed by atoms with E-state index < -0.39 is 12.0 Å². The SMILES string of the molecule is FC(F)(F)c1ncc2c(n1)CCN(Cc1ccc(N3CCCC3)nc1)C2. The van der Waals surface area contributed by atoms with E-state index in [-0.39, 0.29) is 0 Å². The van der Waals surface area contributed by atoms with E-state index in [1.54, 1.807) is 0 Å². The van der Waals surface area contributed by atoms with Gasteiger partial charge in [-0.05, 0) is 24.5 Å². The van der Waals surface area contributed by atoms with Gasteiger partial charge in [0.1, 0.15) is 5.82 Å². The third-order valence-electron chi connectivity index (χ3n) is 4.91. The number of rotatable bonds is 3. The molecule has 0 atom stereocenters. The van der Waals surface area contributed by atoms with Crippen molar-refractivity contribution in [3.8, 4) is 0 Å². The molecule has 138 valence electrons. The molecule has 0 bridgehead atoms. The normalized spacial score (nSPS) is 18.2. The van der Waals surface area contributed by atoms with Crippen molar-refractivity contribution in [2.24, 2.45) is 0 Å². The maximum atomic E-state index is 12.7. The molecule has 0 amide bonds. The summed E-state index contributed by atoms with van der Waals surface area (Å²) in [5, 5.41) is 0. The molecular weight excluding hydrogens is 343 g/mol. The Bertz CT molecular complexity index is 769. The Morgan fingerprint density at radius 1 is 1.00 bits per heavy atom. The van der Waals surface area contributed by atoms with E-state index in [4.69, 9.17) is 0 Å². The van der Waals surface area contributed by atoms with Crippen LogP contribution in [0.5, 0.6) is 0 Å². The number of hydrogen-bond acceptors (Lipinski definition) is 5. The summed E-state index contributed by atoms with van der Waals surface area (Å²) >= 11 is 0. The zero-order chi connectivity index (χ0) is 18.1. The second-order valence-corrected chi connectivity index (χ2v) is 6.84. The number of fused-ring (bicyclic) bond motifs is 1. The molecule has 5 nitrogen and oxygen atoms in total. The average Bonchev–Trinajstić information content (AvgIpc) is 3.16. The molecule has 0 aromatic carbocycles. The number of hydrogen-bond donors (Lipinski definition) is 0. The minimum atomic E-state index is -4.49. The third-order valence-corrected chi connectivity index (χ3v) is 4.91. The Labute approximate surface area is 149 Å². The molecular formula is C18H20F3N5. The summed E-state index contributed by atoms with van der Waals surface area (Å²) in [5.74, 6) is -0.0327. The number of alkyl halides is 3. The molecule has 0 radical (unpaired) electrons. The molecule has 2 aromatic rings. The summed E-state index contributed by atoms with van der Waals surface area (Å²) in [4.78, 5) is 16.2. The predicted octanol–water partition coefficient (Wildman–Crippen LogP) is 3.05. The third kappa shape index (κ3) is 3.65. The van der Waals surface area contributed by atoms with Crippen LogP contribution in [0.25, 0.3) is 0 Å². The summed E-state index contributed by atoms with van der Waals surface area (Å²) in [5.41, 5.74) is 2.38. The Kier molecular flexibility index (Phi) is 4.52. The van der Waals surface area contributed by atoms with Crippen molar-refractivity contribution in [1.82, 2.24) is 19.9 Å². The lowest BCUT2D eigenvalue weighted by Crippen LogP contribution is -2.31. The smallest absolute Gasteiger partial charge is 0.357 e. The zero-order valence-electron chi connectivity index (χ0n) is 14.3. The number of halogens is 3. The van der Waals surface area contributed by atoms with Crippen LogP contribution in [0.15, 0.2) is 24.5 Å². The van der Waals surface area contributed by atoms with Crippen LogP contribution < -0.4 is 4.90 Å². The summed E-state index contributed by atoms with van der Waals surface area (Å²) in [6.45, 7) is 4.08. The molecule has 26 heavy (non-hydrogen) atoms. The lowest BCUT2D eigenvalue weighted by Gasteiger charge is -2.28. The highest BCUT2D eigenvalue weighted by Crippen LogP contribution is 2.28. The van der Waals surface area contributed by atoms with Gasteiger partial charge in [-0.25, -0.2) is 15.0 Å². The molecule has 0 saturated carbocycles. The molecule has 1 saturated heterocycles. The number of nitrogens with zero attached hydrogens (tertiary/aromatic N) is 5. The van der Waals surface area contributed by atoms with Gasteiger partial charge in [-0.2, -0.15) is 13.2 Å². The average molecular weight is 363 g/mol. The second-order valence-electron chi connectivity index (χ2n) is 6.84. The van der Waals surface area contributed by atoms with Gasteiger partial charge in [0.05, 0.1) is 5.69 Å². The lowest BCUT2D eigenvalue weighted by atomic mass is 10.1. The second kappa shape index (κ2) is 6.83. The van der Waals surface area contributed by atoms with Gasteiger partial charge < -0.3 is 4.90 Å². The Morgan fingerprint density at radius 3 is 2.50 bits per heavy atom. The monoisotopic (exact) mass is 363 g/mol. The van der Waals surface area contributed by atoms with E-state index in [9.17, 15) is 13.2 Å². The molecule has 0 N–H and O–H groups in total. The summed E-state index contributed by atoms with van der Waals surface area (Å²) < 4.78 is 38.2. The van der Waals surface area contributed by atoms with Crippen molar-refractivity contribution >= 4 is 5.82 Å². The minimum absolute atomic E-state index is 0.500. The summed E-state index contributed by atoms with van der Waals surface area (Å²) in [6, 6.07) is 4.14. The Balaban J connectivity index is 1.41. The molecule has 0 unspecified atom stereocenters. The Morgan fingerprint density at radius 2 is 1.81 bits per heavy atom. The molecule has 4 heterocycles. The van der Waals surface area contributed by atoms with Gasteiger partial charge in [0.15, 0.2) is 0 Å². The van der Waals surface area contributed by atoms with E-state index in [1.165, 1.54) is 19.0 Å². The van der Waals surface area contributed by atoms with Crippen LogP contribution in [0.3, 0.4) is 0 Å². The minimum Gasteiger partial charge on any atom is -0.357 e. The molecule has 1 fully saturated rings. The van der Waals surface area contributed by atoms with Gasteiger partial charge in [-0.3, -0.25) is 4.90 Å². The Hall–Kier alpha value is -2.22. The van der Waals surface area contributed by atoms with Gasteiger partial charge in [-0.1, -0.05) is 6.07 Å². The van der Waals surface area contributed by atoms with Crippen molar-refractivity contribution in [1.29, 1.82) is 0 Å². The first-order valence-corrected chi connectivity index (χ1v) is 8.83. The van der Waals surface area contributed by atoms with Gasteiger partial charge in [-0.15, -0.1) is 0 Å². The molecule has 8 heteroatoms. The summed E-state index contributed by atoms with van der Waals surface area (Å²) in [6.07, 6.45) is 1.65. The molecule has 0 aliphatic carbocycles. The quantitative estimate of drug-likeness (QED) is 0.839. The van der Waals surface area contributed by atoms with E-state index in [0.29, 0.717) is 31.7 Å². The first-order valence-electron chi connectivity index (χ1n) is 8.83. The largest absolute Gasteiger partial charge is 0.451 e. The zero-order valence-corrected chi connectivity index (χ0v) is 14.3. The predicted molar refractivity (Wildman–Crippen MR) is 90.5 cm³/mol. The van der Waals surface area contributed by atoms with Crippen LogP contribution in [0.4, 0.5) is 19.0 Å². The van der Waals surface area contributed by atoms with Gasteiger partial charge in [0.25, 0.3) is 0 Å². The van der Waals surface area contributed by atoms with E-state index in [2.05, 4.69) is 36.9 Å². The molecule has 2 aliphatic heterocycles. The highest BCUT2D eigenvalue weighted by molar-refractivity contribution is 5.40. The van der Waals surface area contributed by atoms with Crippen LogP contribution in [0, 0.1) is 0 Å². The van der Waals surface area contributed by atoms with Gasteiger partial charge in [0.2, 0.25) is 5.82 Å². The topological polar surface area (TPSA) is 45.2 Å². The van der Waals surface area contributed by atoms with Crippen LogP contribution in [-0.2, 0) is 25.7 Å². The van der Waals surface area contributed by atoms with Crippen molar-refractivity contribution in [3.63, 3.8) is 0 Å². The molecule has 2 aliphatic rings. The maximum absolute atomic E-state index is 12.7. The fourth-order valence-corrected chi connectivity index (χ4v) is 3.55. The highest BCUT2D eigenvalue weighted by Gasteiger charge is 2.35. The van der Waals surface area contributed by atoms with E-state index >= 15 is 0 Å². The van der Waals surface area contributed by atoms with Crippen LogP contribution in [0.2, 0.25) is 0 Å². The summed E-state index contributed by atoms with van der Waals surface area (Å²) in [7, 11) is 0. The van der Waals surface area contributed by atoms with Crippen molar-refractivity contribution in [2.75, 3.05) is 24.5 Å². The van der Waals surface area contributed by atoms with Gasteiger partial charge >= 0.3 is 6.18 Å². The van der Waals surface area contributed by atoms with Crippen molar-refractivity contribution in [3.05, 3.63) is 47.2 Å². The van der Waals surface area contributed by atoms with Crippen LogP contribution in [0.1, 0.15) is 35.5 Å². The number of pyridine rings is 1. The molecule has 0 spiro atoms. The van der Waals surface area contributed by atoms with Gasteiger partial charge in [0, 0.05) is 57.1 Å². The standard InChI is InChI=1S/C18H20F3N5/c19-18(20,21)17-23-10-14-12-25(8-5-15(14)24-17)11-13-3-4-16(22-9-13)26-6-1-2-7-26/h3-4,9-10H,1-2,5-8,11-12H2. The fraction of sp³-hybridized carbons (Fsp3) is 0.500. The molecule has 4 rings (SSSR count). The first kappa shape index (κ1) is 17.2. The van der Waals surface area contributed by atoms with E-state index in [0.717, 1.165) is 30.0 Å². The number of anilines is 1. The maximum Gasteiger partial charge on any atom is 0.451 e. The first-order chi connectivity index (χ1) is 12.5. The highest BCUT2D eigenvalue weighted by atomic mass is 19.4. The van der Waals surface area contributed by atoms with Crippen molar-refractivity contribution in [2.45, 2.75) is 38.5 Å². The number of aromatic nitrogens is 3.